The Bertz CT molecular complexity index is 309. The van der Waals surface area contributed by atoms with Crippen molar-refractivity contribution in [2.45, 2.75) is 117 Å². The lowest BCUT2D eigenvalue weighted by atomic mass is 10.1. The van der Waals surface area contributed by atoms with Gasteiger partial charge in [-0.05, 0) is 19.5 Å². The molecule has 0 rings (SSSR count). The van der Waals surface area contributed by atoms with Crippen LogP contribution < -0.4 is 0 Å². The predicted octanol–water partition coefficient (Wildman–Crippen LogP) is 6.85. The maximum atomic E-state index is 12.0. The van der Waals surface area contributed by atoms with E-state index in [2.05, 4.69) is 39.7 Å². The van der Waals surface area contributed by atoms with Gasteiger partial charge in [0.05, 0.1) is 7.59 Å². The van der Waals surface area contributed by atoms with Crippen LogP contribution in [0, 0.1) is 0 Å². The lowest BCUT2D eigenvalue weighted by molar-refractivity contribution is -0.135. The molecule has 0 aliphatic heterocycles. The van der Waals surface area contributed by atoms with Crippen LogP contribution >= 0.6 is 0 Å². The Hall–Kier alpha value is -0.0962. The molecule has 0 bridgehead atoms. The molecule has 23 heavy (non-hydrogen) atoms. The number of carbonyl (C=O) groups is 1. The second-order valence-corrected chi connectivity index (χ2v) is 24.4. The number of hydrogen-bond acceptors (Lipinski definition) is 2. The van der Waals surface area contributed by atoms with E-state index in [9.17, 15) is 4.79 Å². The Morgan fingerprint density at radius 2 is 1.09 bits per heavy atom. The van der Waals surface area contributed by atoms with Crippen molar-refractivity contribution < 1.29 is 9.22 Å². The van der Waals surface area contributed by atoms with Crippen molar-refractivity contribution in [3.63, 3.8) is 0 Å². The Labute approximate surface area is 147 Å². The van der Waals surface area contributed by atoms with Crippen LogP contribution in [0.15, 0.2) is 0 Å². The number of unbranched alkanes of at least 4 members (excludes halogenated alkanes) is 10. The molecule has 0 aromatic carbocycles. The summed E-state index contributed by atoms with van der Waals surface area (Å²) in [6, 6.07) is 0. The maximum Gasteiger partial charge on any atom is 0.292 e. The van der Waals surface area contributed by atoms with Crippen LogP contribution in [0.25, 0.3) is 0 Å². The average Bonchev–Trinajstić information content (AvgIpc) is 2.43. The molecule has 4 heteroatoms. The van der Waals surface area contributed by atoms with E-state index < -0.39 is 15.4 Å². The molecule has 0 fully saturated rings. The Morgan fingerprint density at radius 1 is 0.696 bits per heavy atom. The summed E-state index contributed by atoms with van der Waals surface area (Å²) >= 11 is 0. The van der Waals surface area contributed by atoms with Crippen molar-refractivity contribution in [2.24, 2.45) is 0 Å². The molecule has 0 spiro atoms. The van der Waals surface area contributed by atoms with Gasteiger partial charge in [0.2, 0.25) is 7.83 Å². The minimum absolute atomic E-state index is 0.0556. The van der Waals surface area contributed by atoms with E-state index in [1.54, 1.807) is 0 Å². The zero-order valence-electron chi connectivity index (χ0n) is 16.8. The fourth-order valence-corrected chi connectivity index (χ4v) is 4.66. The molecule has 138 valence electrons. The standard InChI is InChI=1S/C19H42O2Si2/c1-7-8-9-10-11-12-13-14-15-16-17-18-19(20)21-23(5,6)22(2,3)4/h7-18H2,1-6H3. The van der Waals surface area contributed by atoms with Crippen LogP contribution in [0.3, 0.4) is 0 Å². The highest BCUT2D eigenvalue weighted by molar-refractivity contribution is 7.38. The molecule has 0 aromatic rings. The topological polar surface area (TPSA) is 26.3 Å². The summed E-state index contributed by atoms with van der Waals surface area (Å²) in [5.74, 6) is 0.0556. The fourth-order valence-electron chi connectivity index (χ4n) is 2.42. The third kappa shape index (κ3) is 12.0. The van der Waals surface area contributed by atoms with Gasteiger partial charge in [0.1, 0.15) is 0 Å². The van der Waals surface area contributed by atoms with E-state index in [0.29, 0.717) is 6.42 Å². The fraction of sp³-hybridized carbons (Fsp3) is 0.947. The normalized spacial score (nSPS) is 12.4. The monoisotopic (exact) mass is 358 g/mol. The summed E-state index contributed by atoms with van der Waals surface area (Å²) in [5.41, 5.74) is 0. The van der Waals surface area contributed by atoms with Gasteiger partial charge >= 0.3 is 0 Å². The Kier molecular flexibility index (Phi) is 12.2. The summed E-state index contributed by atoms with van der Waals surface area (Å²) in [5, 5.41) is 0. The Morgan fingerprint density at radius 3 is 1.48 bits per heavy atom. The first-order chi connectivity index (χ1) is 10.7. The van der Waals surface area contributed by atoms with Gasteiger partial charge in [0.25, 0.3) is 5.97 Å². The Balaban J connectivity index is 3.50. The van der Waals surface area contributed by atoms with Crippen molar-refractivity contribution in [1.29, 1.82) is 0 Å². The van der Waals surface area contributed by atoms with Gasteiger partial charge in [0, 0.05) is 6.42 Å². The van der Waals surface area contributed by atoms with E-state index in [1.807, 2.05) is 0 Å². The van der Waals surface area contributed by atoms with Crippen LogP contribution in [0.4, 0.5) is 0 Å². The second-order valence-electron chi connectivity index (χ2n) is 8.52. The van der Waals surface area contributed by atoms with Gasteiger partial charge < -0.3 is 4.43 Å². The summed E-state index contributed by atoms with van der Waals surface area (Å²) < 4.78 is 5.86. The first-order valence-corrected chi connectivity index (χ1v) is 17.3. The van der Waals surface area contributed by atoms with Crippen LogP contribution in [0.1, 0.15) is 84.0 Å². The first-order valence-electron chi connectivity index (χ1n) is 9.92. The molecule has 0 radical (unpaired) electrons. The highest BCUT2D eigenvalue weighted by Crippen LogP contribution is 2.21. The van der Waals surface area contributed by atoms with Gasteiger partial charge in [-0.15, -0.1) is 0 Å². The van der Waals surface area contributed by atoms with E-state index in [-0.39, 0.29) is 5.97 Å². The maximum absolute atomic E-state index is 12.0. The quantitative estimate of drug-likeness (QED) is 0.250. The highest BCUT2D eigenvalue weighted by atomic mass is 29.3. The zero-order valence-corrected chi connectivity index (χ0v) is 18.8. The first kappa shape index (κ1) is 22.9. The zero-order chi connectivity index (χ0) is 17.8. The van der Waals surface area contributed by atoms with Crippen molar-refractivity contribution >= 4 is 21.4 Å². The summed E-state index contributed by atoms with van der Waals surface area (Å²) in [4.78, 5) is 12.0. The van der Waals surface area contributed by atoms with Gasteiger partial charge in [-0.2, -0.15) is 0 Å². The van der Waals surface area contributed by atoms with E-state index in [4.69, 9.17) is 4.43 Å². The summed E-state index contributed by atoms with van der Waals surface area (Å²) in [6.45, 7) is 13.6. The number of hydrogen-bond donors (Lipinski definition) is 0. The molecule has 0 saturated carbocycles. The molecule has 0 aromatic heterocycles. The predicted molar refractivity (Wildman–Crippen MR) is 108 cm³/mol. The van der Waals surface area contributed by atoms with Crippen molar-refractivity contribution in [3.8, 4) is 0 Å². The SMILES string of the molecule is CCCCCCCCCCCCCC(=O)O[Si](C)(C)[Si](C)(C)C. The molecule has 0 aliphatic rings. The van der Waals surface area contributed by atoms with Gasteiger partial charge in [0.15, 0.2) is 0 Å². The molecule has 0 atom stereocenters. The lowest BCUT2D eigenvalue weighted by Crippen LogP contribution is -2.55. The molecule has 0 saturated heterocycles. The smallest absolute Gasteiger partial charge is 0.292 e. The molecular weight excluding hydrogens is 316 g/mol. The van der Waals surface area contributed by atoms with E-state index in [1.165, 1.54) is 64.2 Å². The molecule has 0 heterocycles. The van der Waals surface area contributed by atoms with Crippen molar-refractivity contribution in [1.82, 2.24) is 0 Å². The second kappa shape index (κ2) is 12.3. The van der Waals surface area contributed by atoms with Gasteiger partial charge in [-0.1, -0.05) is 90.8 Å². The molecule has 0 N–H and O–H groups in total. The van der Waals surface area contributed by atoms with Crippen LogP contribution in [0.5, 0.6) is 0 Å². The van der Waals surface area contributed by atoms with Crippen molar-refractivity contribution in [2.75, 3.05) is 0 Å². The molecular formula is C19H42O2Si2. The summed E-state index contributed by atoms with van der Waals surface area (Å²) in [6.07, 6.45) is 15.1. The minimum atomic E-state index is -1.78. The van der Waals surface area contributed by atoms with Gasteiger partial charge in [-0.3, -0.25) is 4.79 Å². The molecule has 2 nitrogen and oxygen atoms in total. The van der Waals surface area contributed by atoms with E-state index in [0.717, 1.165) is 6.42 Å². The number of carbonyl (C=O) groups excluding carboxylic acids is 1. The van der Waals surface area contributed by atoms with Crippen LogP contribution in [-0.2, 0) is 9.22 Å². The van der Waals surface area contributed by atoms with Crippen LogP contribution in [-0.4, -0.2) is 21.4 Å². The third-order valence-electron chi connectivity index (χ3n) is 5.16. The summed E-state index contributed by atoms with van der Waals surface area (Å²) in [7, 11) is -3.11. The highest BCUT2D eigenvalue weighted by Gasteiger charge is 2.41. The average molecular weight is 359 g/mol. The molecule has 0 unspecified atom stereocenters. The third-order valence-corrected chi connectivity index (χ3v) is 20.7. The minimum Gasteiger partial charge on any atom is -0.522 e. The number of rotatable bonds is 14. The van der Waals surface area contributed by atoms with Crippen LogP contribution in [0.2, 0.25) is 32.7 Å². The van der Waals surface area contributed by atoms with E-state index >= 15 is 0 Å². The van der Waals surface area contributed by atoms with Gasteiger partial charge in [-0.25, -0.2) is 0 Å². The molecule has 0 aliphatic carbocycles. The lowest BCUT2D eigenvalue weighted by Gasteiger charge is -2.34. The van der Waals surface area contributed by atoms with Crippen molar-refractivity contribution in [3.05, 3.63) is 0 Å². The largest absolute Gasteiger partial charge is 0.522 e. The molecule has 0 amide bonds.